The Bertz CT molecular complexity index is 376. The number of piperidine rings is 1. The van der Waals surface area contributed by atoms with Gasteiger partial charge in [-0.2, -0.15) is 0 Å². The highest BCUT2D eigenvalue weighted by Crippen LogP contribution is 2.26. The van der Waals surface area contributed by atoms with Gasteiger partial charge >= 0.3 is 0 Å². The first-order chi connectivity index (χ1) is 9.70. The van der Waals surface area contributed by atoms with Crippen LogP contribution in [0.15, 0.2) is 30.3 Å². The predicted molar refractivity (Wildman–Crippen MR) is 84.9 cm³/mol. The molecule has 1 aromatic carbocycles. The van der Waals surface area contributed by atoms with Gasteiger partial charge in [-0.25, -0.2) is 0 Å². The summed E-state index contributed by atoms with van der Waals surface area (Å²) < 4.78 is 0. The molecule has 0 aromatic heterocycles. The molecule has 2 heteroatoms. The van der Waals surface area contributed by atoms with Gasteiger partial charge in [-0.15, -0.1) is 0 Å². The standard InChI is InChI=1S/C18H29NO/c1-3-8-18(16-9-5-4-6-10-16)14-19-12-7-11-17(13-19)15(2)20/h4-6,9-10,15,17-18,20H,3,7-8,11-14H2,1-2H3/t15-,17+,18-/m1/s1. The van der Waals surface area contributed by atoms with Gasteiger partial charge in [-0.05, 0) is 50.1 Å². The molecule has 0 unspecified atom stereocenters. The van der Waals surface area contributed by atoms with Crippen LogP contribution >= 0.6 is 0 Å². The van der Waals surface area contributed by atoms with E-state index in [1.807, 2.05) is 6.92 Å². The molecule has 0 saturated carbocycles. The summed E-state index contributed by atoms with van der Waals surface area (Å²) >= 11 is 0. The Morgan fingerprint density at radius 1 is 1.30 bits per heavy atom. The first kappa shape index (κ1) is 15.5. The van der Waals surface area contributed by atoms with Crippen LogP contribution in [0.4, 0.5) is 0 Å². The van der Waals surface area contributed by atoms with Crippen molar-refractivity contribution < 1.29 is 5.11 Å². The minimum absolute atomic E-state index is 0.167. The Morgan fingerprint density at radius 3 is 2.70 bits per heavy atom. The topological polar surface area (TPSA) is 23.5 Å². The van der Waals surface area contributed by atoms with Crippen LogP contribution in [0.3, 0.4) is 0 Å². The highest BCUT2D eigenvalue weighted by molar-refractivity contribution is 5.19. The van der Waals surface area contributed by atoms with Crippen molar-refractivity contribution >= 4 is 0 Å². The molecule has 0 radical (unpaired) electrons. The maximum atomic E-state index is 9.82. The quantitative estimate of drug-likeness (QED) is 0.856. The molecule has 112 valence electrons. The summed E-state index contributed by atoms with van der Waals surface area (Å²) in [5.41, 5.74) is 1.47. The number of nitrogens with zero attached hydrogens (tertiary/aromatic N) is 1. The molecule has 1 aliphatic heterocycles. The summed E-state index contributed by atoms with van der Waals surface area (Å²) in [6, 6.07) is 10.9. The highest BCUT2D eigenvalue weighted by Gasteiger charge is 2.25. The summed E-state index contributed by atoms with van der Waals surface area (Å²) in [5, 5.41) is 9.82. The second-order valence-electron chi connectivity index (χ2n) is 6.30. The van der Waals surface area contributed by atoms with E-state index in [0.717, 1.165) is 13.1 Å². The first-order valence-corrected chi connectivity index (χ1v) is 8.16. The number of rotatable bonds is 6. The molecule has 20 heavy (non-hydrogen) atoms. The van der Waals surface area contributed by atoms with Gasteiger partial charge in [0.15, 0.2) is 0 Å². The smallest absolute Gasteiger partial charge is 0.0552 e. The van der Waals surface area contributed by atoms with Crippen LogP contribution in [-0.2, 0) is 0 Å². The van der Waals surface area contributed by atoms with Gasteiger partial charge in [0.25, 0.3) is 0 Å². The van der Waals surface area contributed by atoms with E-state index in [0.29, 0.717) is 11.8 Å². The molecule has 3 atom stereocenters. The van der Waals surface area contributed by atoms with Crippen LogP contribution in [0.5, 0.6) is 0 Å². The third-order valence-corrected chi connectivity index (χ3v) is 4.61. The van der Waals surface area contributed by atoms with E-state index in [2.05, 4.69) is 42.2 Å². The van der Waals surface area contributed by atoms with Gasteiger partial charge in [0.1, 0.15) is 0 Å². The summed E-state index contributed by atoms with van der Waals surface area (Å²) in [6.45, 7) is 7.60. The lowest BCUT2D eigenvalue weighted by Gasteiger charge is -2.36. The molecule has 0 spiro atoms. The second kappa shape index (κ2) is 7.80. The van der Waals surface area contributed by atoms with Crippen molar-refractivity contribution in [3.8, 4) is 0 Å². The van der Waals surface area contributed by atoms with E-state index in [1.54, 1.807) is 0 Å². The van der Waals surface area contributed by atoms with Crippen LogP contribution in [-0.4, -0.2) is 35.7 Å². The molecule has 1 heterocycles. The Balaban J connectivity index is 1.97. The summed E-state index contributed by atoms with van der Waals surface area (Å²) in [4.78, 5) is 2.56. The van der Waals surface area contributed by atoms with Crippen LogP contribution in [0.1, 0.15) is 51.0 Å². The Morgan fingerprint density at radius 2 is 2.05 bits per heavy atom. The number of likely N-dealkylation sites (tertiary alicyclic amines) is 1. The molecule has 1 fully saturated rings. The van der Waals surface area contributed by atoms with Crippen LogP contribution in [0.25, 0.3) is 0 Å². The van der Waals surface area contributed by atoms with Gasteiger partial charge in [0, 0.05) is 13.1 Å². The number of hydrogen-bond donors (Lipinski definition) is 1. The Labute approximate surface area is 123 Å². The van der Waals surface area contributed by atoms with Gasteiger partial charge in [0.2, 0.25) is 0 Å². The molecule has 1 aliphatic rings. The largest absolute Gasteiger partial charge is 0.393 e. The maximum Gasteiger partial charge on any atom is 0.0552 e. The lowest BCUT2D eigenvalue weighted by molar-refractivity contribution is 0.0599. The van der Waals surface area contributed by atoms with Gasteiger partial charge in [0.05, 0.1) is 6.10 Å². The molecule has 2 rings (SSSR count). The number of aliphatic hydroxyl groups is 1. The fourth-order valence-electron chi connectivity index (χ4n) is 3.40. The van der Waals surface area contributed by atoms with E-state index >= 15 is 0 Å². The third-order valence-electron chi connectivity index (χ3n) is 4.61. The monoisotopic (exact) mass is 275 g/mol. The van der Waals surface area contributed by atoms with Crippen molar-refractivity contribution in [2.75, 3.05) is 19.6 Å². The molecule has 0 bridgehead atoms. The summed E-state index contributed by atoms with van der Waals surface area (Å²) in [5.74, 6) is 1.09. The molecule has 1 aromatic rings. The van der Waals surface area contributed by atoms with Gasteiger partial charge < -0.3 is 10.0 Å². The van der Waals surface area contributed by atoms with E-state index in [1.165, 1.54) is 37.8 Å². The predicted octanol–water partition coefficient (Wildman–Crippen LogP) is 3.66. The molecular formula is C18H29NO. The van der Waals surface area contributed by atoms with Crippen LogP contribution in [0.2, 0.25) is 0 Å². The molecule has 2 nitrogen and oxygen atoms in total. The lowest BCUT2D eigenvalue weighted by Crippen LogP contribution is -2.41. The molecular weight excluding hydrogens is 246 g/mol. The average Bonchev–Trinajstić information content (AvgIpc) is 2.48. The third kappa shape index (κ3) is 4.32. The number of hydrogen-bond acceptors (Lipinski definition) is 2. The molecule has 1 N–H and O–H groups in total. The summed E-state index contributed by atoms with van der Waals surface area (Å²) in [6.07, 6.45) is 4.72. The number of benzene rings is 1. The van der Waals surface area contributed by atoms with Crippen molar-refractivity contribution in [1.29, 1.82) is 0 Å². The first-order valence-electron chi connectivity index (χ1n) is 8.16. The summed E-state index contributed by atoms with van der Waals surface area (Å²) in [7, 11) is 0. The molecule has 1 saturated heterocycles. The van der Waals surface area contributed by atoms with Gasteiger partial charge in [-0.1, -0.05) is 43.7 Å². The SMILES string of the molecule is CCC[C@H](CN1CCC[C@H]([C@@H](C)O)C1)c1ccccc1. The number of aliphatic hydroxyl groups excluding tert-OH is 1. The van der Waals surface area contributed by atoms with E-state index < -0.39 is 0 Å². The maximum absolute atomic E-state index is 9.82. The Hall–Kier alpha value is -0.860. The van der Waals surface area contributed by atoms with Crippen molar-refractivity contribution in [2.45, 2.75) is 51.6 Å². The molecule has 0 amide bonds. The van der Waals surface area contributed by atoms with Gasteiger partial charge in [-0.3, -0.25) is 0 Å². The van der Waals surface area contributed by atoms with Crippen molar-refractivity contribution in [3.05, 3.63) is 35.9 Å². The van der Waals surface area contributed by atoms with E-state index in [4.69, 9.17) is 0 Å². The zero-order valence-electron chi connectivity index (χ0n) is 13.0. The fourth-order valence-corrected chi connectivity index (χ4v) is 3.40. The van der Waals surface area contributed by atoms with E-state index in [-0.39, 0.29) is 6.10 Å². The normalized spacial score (nSPS) is 23.4. The minimum Gasteiger partial charge on any atom is -0.393 e. The zero-order chi connectivity index (χ0) is 14.4. The average molecular weight is 275 g/mol. The lowest BCUT2D eigenvalue weighted by atomic mass is 9.90. The second-order valence-corrected chi connectivity index (χ2v) is 6.30. The van der Waals surface area contributed by atoms with Crippen LogP contribution in [0, 0.1) is 5.92 Å². The van der Waals surface area contributed by atoms with E-state index in [9.17, 15) is 5.11 Å². The fraction of sp³-hybridized carbons (Fsp3) is 0.667. The van der Waals surface area contributed by atoms with Crippen molar-refractivity contribution in [3.63, 3.8) is 0 Å². The molecule has 0 aliphatic carbocycles. The highest BCUT2D eigenvalue weighted by atomic mass is 16.3. The minimum atomic E-state index is -0.167. The Kier molecular flexibility index (Phi) is 6.06. The zero-order valence-corrected chi connectivity index (χ0v) is 13.0. The van der Waals surface area contributed by atoms with Crippen LogP contribution < -0.4 is 0 Å². The van der Waals surface area contributed by atoms with Crippen molar-refractivity contribution in [2.24, 2.45) is 5.92 Å². The van der Waals surface area contributed by atoms with Crippen molar-refractivity contribution in [1.82, 2.24) is 4.90 Å².